The number of methoxy groups -OCH3 is 1. The zero-order valence-electron chi connectivity index (χ0n) is 19.7. The number of carbonyl (C=O) groups is 2. The van der Waals surface area contributed by atoms with Gasteiger partial charge in [0.2, 0.25) is 0 Å². The third kappa shape index (κ3) is 5.38. The monoisotopic (exact) mass is 452 g/mol. The van der Waals surface area contributed by atoms with Gasteiger partial charge in [0.25, 0.3) is 5.91 Å². The lowest BCUT2D eigenvalue weighted by Crippen LogP contribution is -2.37. The first kappa shape index (κ1) is 22.9. The highest BCUT2D eigenvalue weighted by Gasteiger charge is 2.42. The molecular weight excluding hydrogens is 420 g/mol. The van der Waals surface area contributed by atoms with Gasteiger partial charge >= 0.3 is 6.09 Å². The molecular formula is C25H32N4O4. The largest absolute Gasteiger partial charge is 0.496 e. The van der Waals surface area contributed by atoms with Crippen LogP contribution in [0.1, 0.15) is 36.7 Å². The fourth-order valence-electron chi connectivity index (χ4n) is 4.53. The predicted octanol–water partition coefficient (Wildman–Crippen LogP) is 3.32. The van der Waals surface area contributed by atoms with Gasteiger partial charge in [0, 0.05) is 56.3 Å². The van der Waals surface area contributed by atoms with Gasteiger partial charge < -0.3 is 24.6 Å². The minimum absolute atomic E-state index is 0.175. The summed E-state index contributed by atoms with van der Waals surface area (Å²) in [6.45, 7) is 9.09. The van der Waals surface area contributed by atoms with Gasteiger partial charge in [-0.3, -0.25) is 9.78 Å². The second-order valence-corrected chi connectivity index (χ2v) is 9.74. The molecule has 0 aliphatic carbocycles. The van der Waals surface area contributed by atoms with Gasteiger partial charge in [0.15, 0.2) is 0 Å². The highest BCUT2D eigenvalue weighted by atomic mass is 16.6. The summed E-state index contributed by atoms with van der Waals surface area (Å²) < 4.78 is 10.9. The summed E-state index contributed by atoms with van der Waals surface area (Å²) in [6, 6.07) is 9.50. The Balaban J connectivity index is 1.35. The maximum Gasteiger partial charge on any atom is 0.410 e. The number of anilines is 1. The molecule has 2 aromatic rings. The molecule has 2 aliphatic rings. The van der Waals surface area contributed by atoms with E-state index in [9.17, 15) is 9.59 Å². The summed E-state index contributed by atoms with van der Waals surface area (Å²) in [6.07, 6.45) is 3.14. The average molecular weight is 453 g/mol. The topological polar surface area (TPSA) is 84.0 Å². The number of likely N-dealkylation sites (tertiary alicyclic amines) is 1. The summed E-state index contributed by atoms with van der Waals surface area (Å²) in [5.74, 6) is 1.35. The molecule has 0 spiro atoms. The van der Waals surface area contributed by atoms with Gasteiger partial charge in [0.1, 0.15) is 11.4 Å². The highest BCUT2D eigenvalue weighted by Crippen LogP contribution is 2.34. The van der Waals surface area contributed by atoms with Gasteiger partial charge in [-0.2, -0.15) is 0 Å². The number of ether oxygens (including phenoxy) is 2. The molecule has 0 bridgehead atoms. The number of benzene rings is 1. The van der Waals surface area contributed by atoms with Crippen molar-refractivity contribution in [2.24, 2.45) is 11.8 Å². The first-order chi connectivity index (χ1) is 15.7. The summed E-state index contributed by atoms with van der Waals surface area (Å²) in [7, 11) is 1.62. The molecule has 0 saturated carbocycles. The number of amides is 2. The predicted molar refractivity (Wildman–Crippen MR) is 125 cm³/mol. The molecule has 4 rings (SSSR count). The third-order valence-corrected chi connectivity index (χ3v) is 6.12. The lowest BCUT2D eigenvalue weighted by molar-refractivity contribution is 0.0282. The van der Waals surface area contributed by atoms with Crippen LogP contribution in [0.4, 0.5) is 10.5 Å². The van der Waals surface area contributed by atoms with Crippen LogP contribution in [0.5, 0.6) is 5.75 Å². The molecule has 176 valence electrons. The molecule has 3 heterocycles. The number of para-hydroxylation sites is 1. The number of nitrogens with one attached hydrogen (secondary N) is 1. The van der Waals surface area contributed by atoms with Crippen molar-refractivity contribution < 1.29 is 19.1 Å². The van der Waals surface area contributed by atoms with Crippen molar-refractivity contribution in [2.75, 3.05) is 38.2 Å². The maximum atomic E-state index is 12.7. The van der Waals surface area contributed by atoms with E-state index in [2.05, 4.69) is 15.2 Å². The number of carbonyl (C=O) groups excluding carboxylic acids is 2. The van der Waals surface area contributed by atoms with Crippen LogP contribution in [0, 0.1) is 11.8 Å². The zero-order valence-corrected chi connectivity index (χ0v) is 19.7. The van der Waals surface area contributed by atoms with Crippen LogP contribution >= 0.6 is 0 Å². The standard InChI is InChI=1S/C25H32N4O4/c1-25(2,3)33-24(31)29-15-19-13-28(14-20(19)16-29)21-9-18(10-26-12-21)23(30)27-11-17-7-5-6-8-22(17)32-4/h5-10,12,19-20H,11,13-16H2,1-4H3,(H,27,30). The van der Waals surface area contributed by atoms with Crippen LogP contribution in [-0.2, 0) is 11.3 Å². The number of aromatic nitrogens is 1. The van der Waals surface area contributed by atoms with Crippen LogP contribution in [0.15, 0.2) is 42.7 Å². The first-order valence-electron chi connectivity index (χ1n) is 11.3. The molecule has 2 saturated heterocycles. The first-order valence-corrected chi connectivity index (χ1v) is 11.3. The Morgan fingerprint density at radius 2 is 1.79 bits per heavy atom. The molecule has 2 amide bonds. The van der Waals surface area contributed by atoms with Crippen LogP contribution in [0.3, 0.4) is 0 Å². The van der Waals surface area contributed by atoms with Crippen molar-refractivity contribution in [3.8, 4) is 5.75 Å². The Labute approximate surface area is 194 Å². The second-order valence-electron chi connectivity index (χ2n) is 9.74. The quantitative estimate of drug-likeness (QED) is 0.749. The number of hydrogen-bond acceptors (Lipinski definition) is 6. The molecule has 8 nitrogen and oxygen atoms in total. The Morgan fingerprint density at radius 1 is 1.09 bits per heavy atom. The van der Waals surface area contributed by atoms with E-state index in [4.69, 9.17) is 9.47 Å². The highest BCUT2D eigenvalue weighted by molar-refractivity contribution is 5.94. The van der Waals surface area contributed by atoms with Crippen molar-refractivity contribution in [1.29, 1.82) is 0 Å². The van der Waals surface area contributed by atoms with E-state index >= 15 is 0 Å². The van der Waals surface area contributed by atoms with E-state index in [0.29, 0.717) is 37.0 Å². The molecule has 2 unspecified atom stereocenters. The van der Waals surface area contributed by atoms with Crippen LogP contribution < -0.4 is 15.0 Å². The van der Waals surface area contributed by atoms with E-state index < -0.39 is 5.60 Å². The molecule has 1 aromatic carbocycles. The van der Waals surface area contributed by atoms with E-state index in [1.807, 2.05) is 56.0 Å². The normalized spacial score (nSPS) is 19.9. The van der Waals surface area contributed by atoms with Crippen molar-refractivity contribution in [1.82, 2.24) is 15.2 Å². The molecule has 1 N–H and O–H groups in total. The van der Waals surface area contributed by atoms with Gasteiger partial charge in [-0.05, 0) is 32.9 Å². The number of hydrogen-bond donors (Lipinski definition) is 1. The summed E-state index contributed by atoms with van der Waals surface area (Å²) in [5.41, 5.74) is 1.88. The van der Waals surface area contributed by atoms with Crippen LogP contribution in [0.2, 0.25) is 0 Å². The zero-order chi connectivity index (χ0) is 23.6. The Hall–Kier alpha value is -3.29. The molecule has 2 aliphatic heterocycles. The van der Waals surface area contributed by atoms with Gasteiger partial charge in [0.05, 0.1) is 24.6 Å². The van der Waals surface area contributed by atoms with Crippen molar-refractivity contribution in [3.05, 3.63) is 53.9 Å². The average Bonchev–Trinajstić information content (AvgIpc) is 3.36. The maximum absolute atomic E-state index is 12.7. The Bertz CT molecular complexity index is 1010. The molecule has 0 radical (unpaired) electrons. The van der Waals surface area contributed by atoms with Gasteiger partial charge in [-0.25, -0.2) is 4.79 Å². The van der Waals surface area contributed by atoms with Gasteiger partial charge in [-0.1, -0.05) is 18.2 Å². The lowest BCUT2D eigenvalue weighted by Gasteiger charge is -2.26. The fraction of sp³-hybridized carbons (Fsp3) is 0.480. The van der Waals surface area contributed by atoms with Crippen molar-refractivity contribution in [3.63, 3.8) is 0 Å². The Morgan fingerprint density at radius 3 is 2.45 bits per heavy atom. The van der Waals surface area contributed by atoms with Crippen LogP contribution in [-0.4, -0.2) is 60.8 Å². The minimum Gasteiger partial charge on any atom is -0.496 e. The van der Waals surface area contributed by atoms with E-state index in [1.165, 1.54) is 0 Å². The SMILES string of the molecule is COc1ccccc1CNC(=O)c1cncc(N2CC3CN(C(=O)OC(C)(C)C)CC3C2)c1. The molecule has 33 heavy (non-hydrogen) atoms. The lowest BCUT2D eigenvalue weighted by atomic mass is 10.0. The smallest absolute Gasteiger partial charge is 0.410 e. The summed E-state index contributed by atoms with van der Waals surface area (Å²) >= 11 is 0. The number of pyridine rings is 1. The van der Waals surface area contributed by atoms with E-state index in [1.54, 1.807) is 19.5 Å². The van der Waals surface area contributed by atoms with Crippen molar-refractivity contribution >= 4 is 17.7 Å². The van der Waals surface area contributed by atoms with E-state index in [-0.39, 0.29) is 12.0 Å². The number of nitrogens with zero attached hydrogens (tertiary/aromatic N) is 3. The molecule has 8 heteroatoms. The van der Waals surface area contributed by atoms with Crippen molar-refractivity contribution in [2.45, 2.75) is 32.9 Å². The second kappa shape index (κ2) is 9.29. The summed E-state index contributed by atoms with van der Waals surface area (Å²) in [5, 5.41) is 2.95. The van der Waals surface area contributed by atoms with Crippen LogP contribution in [0.25, 0.3) is 0 Å². The minimum atomic E-state index is -0.487. The summed E-state index contributed by atoms with van der Waals surface area (Å²) in [4.78, 5) is 33.5. The molecule has 1 aromatic heterocycles. The van der Waals surface area contributed by atoms with E-state index in [0.717, 1.165) is 30.1 Å². The molecule has 2 fully saturated rings. The number of fused-ring (bicyclic) bond motifs is 1. The Kier molecular flexibility index (Phi) is 6.44. The fourth-order valence-corrected chi connectivity index (χ4v) is 4.53. The van der Waals surface area contributed by atoms with Gasteiger partial charge in [-0.15, -0.1) is 0 Å². The molecule has 2 atom stereocenters. The third-order valence-electron chi connectivity index (χ3n) is 6.12. The number of rotatable bonds is 5.